The summed E-state index contributed by atoms with van der Waals surface area (Å²) >= 11 is 0. The van der Waals surface area contributed by atoms with Crippen molar-refractivity contribution in [3.05, 3.63) is 35.4 Å². The van der Waals surface area contributed by atoms with Gasteiger partial charge in [-0.15, -0.1) is 0 Å². The quantitative estimate of drug-likeness (QED) is 0.450. The lowest BCUT2D eigenvalue weighted by atomic mass is 9.93. The molecule has 0 N–H and O–H groups in total. The monoisotopic (exact) mass is 290 g/mol. The number of carbonyl (C=O) groups excluding carboxylic acids is 1. The molecule has 1 unspecified atom stereocenters. The minimum Gasteiger partial charge on any atom is -0.469 e. The normalized spacial score (nSPS) is 12.1. The molecule has 21 heavy (non-hydrogen) atoms. The third-order valence-corrected chi connectivity index (χ3v) is 4.14. The maximum absolute atomic E-state index is 11.5. The Morgan fingerprint density at radius 3 is 2.48 bits per heavy atom. The van der Waals surface area contributed by atoms with Crippen molar-refractivity contribution in [1.82, 2.24) is 0 Å². The van der Waals surface area contributed by atoms with Crippen LogP contribution in [0.2, 0.25) is 0 Å². The fourth-order valence-electron chi connectivity index (χ4n) is 2.67. The Hall–Kier alpha value is -1.31. The average molecular weight is 290 g/mol. The topological polar surface area (TPSA) is 26.3 Å². The van der Waals surface area contributed by atoms with Gasteiger partial charge >= 0.3 is 5.97 Å². The average Bonchev–Trinajstić information content (AvgIpc) is 2.50. The van der Waals surface area contributed by atoms with E-state index in [9.17, 15) is 4.79 Å². The third kappa shape index (κ3) is 7.31. The number of hydrogen-bond acceptors (Lipinski definition) is 2. The first-order valence-electron chi connectivity index (χ1n) is 8.31. The SMILES string of the molecule is CCCCCCC(C)CCc1ccccc1CC(=O)OC. The molecule has 0 saturated carbocycles. The lowest BCUT2D eigenvalue weighted by Crippen LogP contribution is -2.07. The number of carbonyl (C=O) groups is 1. The fourth-order valence-corrected chi connectivity index (χ4v) is 2.67. The summed E-state index contributed by atoms with van der Waals surface area (Å²) in [4.78, 5) is 11.5. The van der Waals surface area contributed by atoms with Crippen LogP contribution in [0.15, 0.2) is 24.3 Å². The third-order valence-electron chi connectivity index (χ3n) is 4.14. The smallest absolute Gasteiger partial charge is 0.309 e. The number of aryl methyl sites for hydroxylation is 1. The van der Waals surface area contributed by atoms with Gasteiger partial charge in [0.05, 0.1) is 13.5 Å². The number of ether oxygens (including phenoxy) is 1. The number of unbranched alkanes of at least 4 members (excludes halogenated alkanes) is 3. The van der Waals surface area contributed by atoms with Gasteiger partial charge in [-0.2, -0.15) is 0 Å². The van der Waals surface area contributed by atoms with Crippen LogP contribution < -0.4 is 0 Å². The van der Waals surface area contributed by atoms with Gasteiger partial charge in [-0.1, -0.05) is 70.2 Å². The van der Waals surface area contributed by atoms with Crippen LogP contribution in [-0.4, -0.2) is 13.1 Å². The van der Waals surface area contributed by atoms with E-state index in [1.807, 2.05) is 12.1 Å². The predicted molar refractivity (Wildman–Crippen MR) is 88.4 cm³/mol. The first-order valence-corrected chi connectivity index (χ1v) is 8.31. The van der Waals surface area contributed by atoms with Crippen LogP contribution in [0.5, 0.6) is 0 Å². The van der Waals surface area contributed by atoms with Crippen LogP contribution in [0, 0.1) is 5.92 Å². The maximum Gasteiger partial charge on any atom is 0.309 e. The number of esters is 1. The van der Waals surface area contributed by atoms with Gasteiger partial charge in [0.25, 0.3) is 0 Å². The highest BCUT2D eigenvalue weighted by atomic mass is 16.5. The molecule has 1 rings (SSSR count). The Morgan fingerprint density at radius 1 is 1.10 bits per heavy atom. The van der Waals surface area contributed by atoms with Crippen LogP contribution in [-0.2, 0) is 22.4 Å². The lowest BCUT2D eigenvalue weighted by Gasteiger charge is -2.13. The van der Waals surface area contributed by atoms with E-state index in [0.717, 1.165) is 17.9 Å². The first-order chi connectivity index (χ1) is 10.2. The molecular formula is C19H30O2. The number of rotatable bonds is 10. The maximum atomic E-state index is 11.5. The second-order valence-electron chi connectivity index (χ2n) is 6.01. The molecule has 0 aromatic heterocycles. The van der Waals surface area contributed by atoms with Gasteiger partial charge in [0, 0.05) is 0 Å². The summed E-state index contributed by atoms with van der Waals surface area (Å²) in [6.45, 7) is 4.59. The van der Waals surface area contributed by atoms with Gasteiger partial charge < -0.3 is 4.74 Å². The summed E-state index contributed by atoms with van der Waals surface area (Å²) in [5.74, 6) is 0.600. The molecule has 1 aromatic rings. The van der Waals surface area contributed by atoms with E-state index < -0.39 is 0 Å². The standard InChI is InChI=1S/C19H30O2/c1-4-5-6-7-10-16(2)13-14-17-11-8-9-12-18(17)15-19(20)21-3/h8-9,11-12,16H,4-7,10,13-15H2,1-3H3. The molecule has 0 amide bonds. The Balaban J connectivity index is 2.42. The number of benzene rings is 1. The molecule has 2 nitrogen and oxygen atoms in total. The highest BCUT2D eigenvalue weighted by Gasteiger charge is 2.09. The van der Waals surface area contributed by atoms with Crippen LogP contribution in [0.25, 0.3) is 0 Å². The molecule has 0 aliphatic rings. The van der Waals surface area contributed by atoms with E-state index in [2.05, 4.69) is 26.0 Å². The molecule has 1 aromatic carbocycles. The van der Waals surface area contributed by atoms with Crippen LogP contribution in [0.1, 0.15) is 63.5 Å². The molecule has 0 radical (unpaired) electrons. The van der Waals surface area contributed by atoms with Crippen molar-refractivity contribution in [2.45, 2.75) is 65.2 Å². The van der Waals surface area contributed by atoms with Gasteiger partial charge in [-0.05, 0) is 29.9 Å². The Kier molecular flexibility index (Phi) is 8.80. The van der Waals surface area contributed by atoms with Gasteiger partial charge in [-0.25, -0.2) is 0 Å². The molecule has 2 heteroatoms. The minimum atomic E-state index is -0.157. The molecule has 1 atom stereocenters. The van der Waals surface area contributed by atoms with Crippen molar-refractivity contribution in [2.24, 2.45) is 5.92 Å². The van der Waals surface area contributed by atoms with E-state index in [-0.39, 0.29) is 5.97 Å². The second kappa shape index (κ2) is 10.4. The van der Waals surface area contributed by atoms with Crippen molar-refractivity contribution in [3.63, 3.8) is 0 Å². The largest absolute Gasteiger partial charge is 0.469 e. The molecule has 0 aliphatic heterocycles. The molecule has 0 fully saturated rings. The first kappa shape index (κ1) is 17.7. The summed E-state index contributed by atoms with van der Waals surface area (Å²) in [5, 5.41) is 0. The predicted octanol–water partition coefficient (Wildman–Crippen LogP) is 4.94. The zero-order chi connectivity index (χ0) is 15.5. The number of methoxy groups -OCH3 is 1. The highest BCUT2D eigenvalue weighted by molar-refractivity contribution is 5.72. The molecule has 0 spiro atoms. The minimum absolute atomic E-state index is 0.157. The van der Waals surface area contributed by atoms with E-state index in [1.165, 1.54) is 51.2 Å². The van der Waals surface area contributed by atoms with Crippen molar-refractivity contribution < 1.29 is 9.53 Å². The summed E-state index contributed by atoms with van der Waals surface area (Å²) in [7, 11) is 1.45. The van der Waals surface area contributed by atoms with Gasteiger partial charge in [0.15, 0.2) is 0 Å². The molecular weight excluding hydrogens is 260 g/mol. The van der Waals surface area contributed by atoms with E-state index in [0.29, 0.717) is 6.42 Å². The van der Waals surface area contributed by atoms with Crippen molar-refractivity contribution in [3.8, 4) is 0 Å². The lowest BCUT2D eigenvalue weighted by molar-refractivity contribution is -0.139. The van der Waals surface area contributed by atoms with Crippen LogP contribution >= 0.6 is 0 Å². The summed E-state index contributed by atoms with van der Waals surface area (Å²) in [6, 6.07) is 8.23. The second-order valence-corrected chi connectivity index (χ2v) is 6.01. The summed E-state index contributed by atoms with van der Waals surface area (Å²) in [5.41, 5.74) is 2.41. The van der Waals surface area contributed by atoms with E-state index in [4.69, 9.17) is 4.74 Å². The molecule has 0 bridgehead atoms. The van der Waals surface area contributed by atoms with E-state index in [1.54, 1.807) is 0 Å². The Morgan fingerprint density at radius 2 is 1.81 bits per heavy atom. The molecule has 0 saturated heterocycles. The number of hydrogen-bond donors (Lipinski definition) is 0. The van der Waals surface area contributed by atoms with Crippen LogP contribution in [0.3, 0.4) is 0 Å². The van der Waals surface area contributed by atoms with Crippen LogP contribution in [0.4, 0.5) is 0 Å². The Bertz CT molecular complexity index is 412. The van der Waals surface area contributed by atoms with Crippen molar-refractivity contribution in [1.29, 1.82) is 0 Å². The summed E-state index contributed by atoms with van der Waals surface area (Å²) in [6.07, 6.45) is 9.33. The summed E-state index contributed by atoms with van der Waals surface area (Å²) < 4.78 is 4.77. The fraction of sp³-hybridized carbons (Fsp3) is 0.632. The Labute approximate surface area is 129 Å². The van der Waals surface area contributed by atoms with Gasteiger partial charge in [0.2, 0.25) is 0 Å². The molecule has 118 valence electrons. The zero-order valence-electron chi connectivity index (χ0n) is 13.9. The van der Waals surface area contributed by atoms with Gasteiger partial charge in [-0.3, -0.25) is 4.79 Å². The van der Waals surface area contributed by atoms with E-state index >= 15 is 0 Å². The van der Waals surface area contributed by atoms with Gasteiger partial charge in [0.1, 0.15) is 0 Å². The van der Waals surface area contributed by atoms with Crippen molar-refractivity contribution in [2.75, 3.05) is 7.11 Å². The highest BCUT2D eigenvalue weighted by Crippen LogP contribution is 2.19. The van der Waals surface area contributed by atoms with Crippen molar-refractivity contribution >= 4 is 5.97 Å². The molecule has 0 heterocycles. The zero-order valence-corrected chi connectivity index (χ0v) is 13.9. The molecule has 0 aliphatic carbocycles.